The molecule has 1 aliphatic heterocycles. The van der Waals surface area contributed by atoms with Crippen LogP contribution in [0.2, 0.25) is 0 Å². The summed E-state index contributed by atoms with van der Waals surface area (Å²) in [5.41, 5.74) is 3.06. The number of aliphatic hydroxyl groups is 1. The van der Waals surface area contributed by atoms with Gasteiger partial charge < -0.3 is 19.6 Å². The van der Waals surface area contributed by atoms with Gasteiger partial charge in [-0.2, -0.15) is 0 Å². The number of nitrogens with zero attached hydrogens (tertiary/aromatic N) is 2. The number of anilines is 1. The van der Waals surface area contributed by atoms with Crippen molar-refractivity contribution < 1.29 is 19.4 Å². The number of hydrogen-bond acceptors (Lipinski definition) is 5. The molecule has 0 aromatic heterocycles. The second kappa shape index (κ2) is 9.82. The molecule has 1 unspecified atom stereocenters. The largest absolute Gasteiger partial charge is 0.507 e. The van der Waals surface area contributed by atoms with Crippen molar-refractivity contribution in [2.24, 2.45) is 0 Å². The maximum Gasteiger partial charge on any atom is 0.295 e. The van der Waals surface area contributed by atoms with Gasteiger partial charge in [-0.25, -0.2) is 0 Å². The maximum absolute atomic E-state index is 13.4. The van der Waals surface area contributed by atoms with E-state index >= 15 is 0 Å². The Bertz CT molecular complexity index is 1520. The minimum absolute atomic E-state index is 0.0767. The molecule has 1 fully saturated rings. The van der Waals surface area contributed by atoms with Crippen LogP contribution in [0.1, 0.15) is 22.7 Å². The SMILES string of the molecule is COc1ccccc1CN1C(=O)C(=O)/C(=C(\O)c2ccc3ccccc3c2)C1c1ccc(N(C)C)cc1. The zero-order chi connectivity index (χ0) is 26.1. The van der Waals surface area contributed by atoms with Crippen molar-refractivity contribution in [3.63, 3.8) is 0 Å². The van der Waals surface area contributed by atoms with Gasteiger partial charge in [0.05, 0.1) is 25.3 Å². The minimum atomic E-state index is -0.757. The number of rotatable bonds is 6. The number of carbonyl (C=O) groups excluding carboxylic acids is 2. The van der Waals surface area contributed by atoms with Crippen molar-refractivity contribution in [3.8, 4) is 5.75 Å². The van der Waals surface area contributed by atoms with Gasteiger partial charge in [-0.1, -0.05) is 66.7 Å². The number of Topliss-reactive ketones (excluding diaryl/α,β-unsaturated/α-hetero) is 1. The van der Waals surface area contributed by atoms with E-state index < -0.39 is 17.7 Å². The van der Waals surface area contributed by atoms with Crippen molar-refractivity contribution in [2.45, 2.75) is 12.6 Å². The number of amides is 1. The number of hydrogen-bond donors (Lipinski definition) is 1. The van der Waals surface area contributed by atoms with Crippen LogP contribution < -0.4 is 9.64 Å². The van der Waals surface area contributed by atoms with Crippen LogP contribution in [-0.4, -0.2) is 42.9 Å². The summed E-state index contributed by atoms with van der Waals surface area (Å²) in [7, 11) is 5.47. The molecule has 1 heterocycles. The second-order valence-electron chi connectivity index (χ2n) is 9.29. The Morgan fingerprint density at radius 3 is 2.27 bits per heavy atom. The molecule has 6 heteroatoms. The number of fused-ring (bicyclic) bond motifs is 1. The summed E-state index contributed by atoms with van der Waals surface area (Å²) < 4.78 is 5.50. The highest BCUT2D eigenvalue weighted by Gasteiger charge is 2.46. The fraction of sp³-hybridized carbons (Fsp3) is 0.161. The molecule has 0 bridgehead atoms. The summed E-state index contributed by atoms with van der Waals surface area (Å²) in [4.78, 5) is 30.3. The Labute approximate surface area is 216 Å². The molecule has 6 nitrogen and oxygen atoms in total. The molecule has 1 aliphatic rings. The van der Waals surface area contributed by atoms with Crippen molar-refractivity contribution in [2.75, 3.05) is 26.1 Å². The molecule has 186 valence electrons. The third kappa shape index (κ3) is 4.42. The van der Waals surface area contributed by atoms with E-state index in [2.05, 4.69) is 0 Å². The monoisotopic (exact) mass is 492 g/mol. The molecule has 1 saturated heterocycles. The van der Waals surface area contributed by atoms with Crippen LogP contribution in [0.5, 0.6) is 5.75 Å². The number of carbonyl (C=O) groups is 2. The summed E-state index contributed by atoms with van der Waals surface area (Å²) in [6, 6.07) is 27.6. The zero-order valence-electron chi connectivity index (χ0n) is 21.0. The van der Waals surface area contributed by atoms with Gasteiger partial charge in [0, 0.05) is 30.9 Å². The molecule has 5 rings (SSSR count). The van der Waals surface area contributed by atoms with Gasteiger partial charge in [0.1, 0.15) is 11.5 Å². The molecule has 1 amide bonds. The highest BCUT2D eigenvalue weighted by Crippen LogP contribution is 2.41. The Kier molecular flexibility index (Phi) is 6.40. The van der Waals surface area contributed by atoms with E-state index in [0.29, 0.717) is 11.3 Å². The van der Waals surface area contributed by atoms with Crippen molar-refractivity contribution >= 4 is 33.9 Å². The van der Waals surface area contributed by atoms with Crippen molar-refractivity contribution in [1.82, 2.24) is 4.90 Å². The molecular weight excluding hydrogens is 464 g/mol. The number of methoxy groups -OCH3 is 1. The molecule has 0 radical (unpaired) electrons. The molecule has 0 aliphatic carbocycles. The molecule has 0 saturated carbocycles. The number of benzene rings is 4. The molecular formula is C31H28N2O4. The third-order valence-electron chi connectivity index (χ3n) is 6.82. The van der Waals surface area contributed by atoms with E-state index in [1.165, 1.54) is 4.90 Å². The predicted molar refractivity (Wildman–Crippen MR) is 146 cm³/mol. The fourth-order valence-corrected chi connectivity index (χ4v) is 4.85. The number of ether oxygens (including phenoxy) is 1. The van der Waals surface area contributed by atoms with Gasteiger partial charge in [-0.05, 0) is 40.6 Å². The predicted octanol–water partition coefficient (Wildman–Crippen LogP) is 5.54. The Hall–Kier alpha value is -4.58. The highest BCUT2D eigenvalue weighted by molar-refractivity contribution is 6.46. The van der Waals surface area contributed by atoms with E-state index in [-0.39, 0.29) is 17.9 Å². The molecule has 0 spiro atoms. The topological polar surface area (TPSA) is 70.1 Å². The van der Waals surface area contributed by atoms with Crippen LogP contribution in [0.25, 0.3) is 16.5 Å². The summed E-state index contributed by atoms with van der Waals surface area (Å²) in [5.74, 6) is -0.925. The maximum atomic E-state index is 13.4. The Balaban J connectivity index is 1.66. The number of likely N-dealkylation sites (tertiary alicyclic amines) is 1. The average molecular weight is 493 g/mol. The van der Waals surface area contributed by atoms with Crippen molar-refractivity contribution in [1.29, 1.82) is 0 Å². The zero-order valence-corrected chi connectivity index (χ0v) is 21.0. The fourth-order valence-electron chi connectivity index (χ4n) is 4.85. The van der Waals surface area contributed by atoms with Crippen LogP contribution in [0.3, 0.4) is 0 Å². The normalized spacial score (nSPS) is 16.8. The minimum Gasteiger partial charge on any atom is -0.507 e. The van der Waals surface area contributed by atoms with Crippen molar-refractivity contribution in [3.05, 3.63) is 113 Å². The first-order valence-electron chi connectivity index (χ1n) is 12.1. The van der Waals surface area contributed by atoms with Crippen LogP contribution in [-0.2, 0) is 16.1 Å². The molecule has 4 aromatic carbocycles. The van der Waals surface area contributed by atoms with E-state index in [9.17, 15) is 14.7 Å². The summed E-state index contributed by atoms with van der Waals surface area (Å²) in [6.45, 7) is 0.156. The van der Waals surface area contributed by atoms with E-state index in [1.807, 2.05) is 104 Å². The van der Waals surface area contributed by atoms with Gasteiger partial charge in [0.25, 0.3) is 11.7 Å². The second-order valence-corrected chi connectivity index (χ2v) is 9.29. The first-order valence-corrected chi connectivity index (χ1v) is 12.1. The number of ketones is 1. The smallest absolute Gasteiger partial charge is 0.295 e. The lowest BCUT2D eigenvalue weighted by Crippen LogP contribution is -2.29. The molecule has 4 aromatic rings. The van der Waals surface area contributed by atoms with Crippen LogP contribution in [0.4, 0.5) is 5.69 Å². The summed E-state index contributed by atoms with van der Waals surface area (Å²) in [6.07, 6.45) is 0. The standard InChI is InChI=1S/C31H28N2O4/c1-32(2)25-16-14-21(15-17-25)28-27(29(34)23-13-12-20-8-4-5-9-22(20)18-23)30(35)31(36)33(28)19-24-10-6-7-11-26(24)37-3/h4-18,28,34H,19H2,1-3H3/b29-27-. The number of para-hydroxylation sites is 1. The average Bonchev–Trinajstić information content (AvgIpc) is 3.17. The Morgan fingerprint density at radius 2 is 1.57 bits per heavy atom. The first-order chi connectivity index (χ1) is 17.9. The lowest BCUT2D eigenvalue weighted by Gasteiger charge is -2.26. The van der Waals surface area contributed by atoms with Gasteiger partial charge in [-0.3, -0.25) is 9.59 Å². The molecule has 1 atom stereocenters. The third-order valence-corrected chi connectivity index (χ3v) is 6.82. The van der Waals surface area contributed by atoms with Crippen LogP contribution in [0, 0.1) is 0 Å². The number of aliphatic hydroxyl groups excluding tert-OH is 1. The molecule has 1 N–H and O–H groups in total. The quantitative estimate of drug-likeness (QED) is 0.218. The molecule has 37 heavy (non-hydrogen) atoms. The summed E-state index contributed by atoms with van der Waals surface area (Å²) >= 11 is 0. The van der Waals surface area contributed by atoms with Gasteiger partial charge in [0.2, 0.25) is 0 Å². The van der Waals surface area contributed by atoms with Gasteiger partial charge in [-0.15, -0.1) is 0 Å². The lowest BCUT2D eigenvalue weighted by molar-refractivity contribution is -0.140. The van der Waals surface area contributed by atoms with E-state index in [1.54, 1.807) is 13.2 Å². The highest BCUT2D eigenvalue weighted by atomic mass is 16.5. The lowest BCUT2D eigenvalue weighted by atomic mass is 9.94. The van der Waals surface area contributed by atoms with Gasteiger partial charge in [0.15, 0.2) is 0 Å². The Morgan fingerprint density at radius 1 is 0.892 bits per heavy atom. The van der Waals surface area contributed by atoms with E-state index in [4.69, 9.17) is 4.74 Å². The van der Waals surface area contributed by atoms with Gasteiger partial charge >= 0.3 is 0 Å². The first kappa shape index (κ1) is 24.1. The summed E-state index contributed by atoms with van der Waals surface area (Å²) in [5, 5.41) is 13.4. The van der Waals surface area contributed by atoms with Crippen LogP contribution in [0.15, 0.2) is 96.6 Å². The van der Waals surface area contributed by atoms with E-state index in [0.717, 1.165) is 27.6 Å². The van der Waals surface area contributed by atoms with Crippen LogP contribution >= 0.6 is 0 Å².